The molecule has 0 unspecified atom stereocenters. The maximum atomic E-state index is 14.2. The average Bonchev–Trinajstić information content (AvgIpc) is 2.24. The molecule has 1 rings (SSSR count). The Morgan fingerprint density at radius 3 is 2.50 bits per heavy atom. The zero-order chi connectivity index (χ0) is 13.9. The number of halogens is 2. The molecule has 6 heteroatoms. The van der Waals surface area contributed by atoms with Crippen molar-refractivity contribution >= 4 is 19.0 Å². The second kappa shape index (κ2) is 5.66. The van der Waals surface area contributed by atoms with Crippen molar-refractivity contribution in [1.29, 1.82) is 0 Å². The van der Waals surface area contributed by atoms with E-state index >= 15 is 0 Å². The molecule has 0 saturated carbocycles. The first kappa shape index (κ1) is 14.9. The van der Waals surface area contributed by atoms with E-state index in [1.54, 1.807) is 6.92 Å². The first-order chi connectivity index (χ1) is 8.29. The van der Waals surface area contributed by atoms with Gasteiger partial charge in [-0.1, -0.05) is 19.6 Å². The van der Waals surface area contributed by atoms with Crippen LogP contribution in [0.25, 0.3) is 0 Å². The van der Waals surface area contributed by atoms with E-state index in [2.05, 4.69) is 4.98 Å². The van der Waals surface area contributed by atoms with Gasteiger partial charge in [0.25, 0.3) is 0 Å². The van der Waals surface area contributed by atoms with Crippen LogP contribution in [0.15, 0.2) is 6.20 Å². The molecule has 0 radical (unpaired) electrons. The Bertz CT molecular complexity index is 458. The molecule has 0 aliphatic carbocycles. The Kier molecular flexibility index (Phi) is 4.69. The van der Waals surface area contributed by atoms with Crippen LogP contribution in [-0.4, -0.2) is 32.1 Å². The molecule has 0 saturated heterocycles. The predicted molar refractivity (Wildman–Crippen MR) is 68.0 cm³/mol. The summed E-state index contributed by atoms with van der Waals surface area (Å²) in [6, 6.07) is 0. The largest absolute Gasteiger partial charge is 0.374 e. The van der Waals surface area contributed by atoms with Gasteiger partial charge in [0.05, 0.1) is 14.3 Å². The summed E-state index contributed by atoms with van der Waals surface area (Å²) in [5, 5.41) is 0.0114. The fourth-order valence-corrected chi connectivity index (χ4v) is 3.17. The van der Waals surface area contributed by atoms with Crippen molar-refractivity contribution in [1.82, 2.24) is 4.98 Å². The van der Waals surface area contributed by atoms with E-state index in [9.17, 15) is 13.6 Å². The van der Waals surface area contributed by atoms with Gasteiger partial charge in [0.1, 0.15) is 18.1 Å². The molecule has 1 aromatic heterocycles. The summed E-state index contributed by atoms with van der Waals surface area (Å²) in [6.45, 7) is 7.28. The van der Waals surface area contributed by atoms with E-state index < -0.39 is 25.5 Å². The van der Waals surface area contributed by atoms with Crippen molar-refractivity contribution in [3.63, 3.8) is 0 Å². The zero-order valence-corrected chi connectivity index (χ0v) is 12.0. The third kappa shape index (κ3) is 3.20. The maximum Gasteiger partial charge on any atom is 0.209 e. The minimum Gasteiger partial charge on any atom is -0.374 e. The molecular formula is C12H17F2NO2Si. The zero-order valence-electron chi connectivity index (χ0n) is 11.0. The molecule has 0 bridgehead atoms. The fraction of sp³-hybridized carbons (Fsp3) is 0.500. The van der Waals surface area contributed by atoms with Gasteiger partial charge in [0, 0.05) is 11.8 Å². The van der Waals surface area contributed by atoms with Gasteiger partial charge in [-0.15, -0.1) is 0 Å². The summed E-state index contributed by atoms with van der Waals surface area (Å²) in [5.41, 5.74) is -0.331. The van der Waals surface area contributed by atoms with Crippen LogP contribution in [0.1, 0.15) is 17.4 Å². The normalized spacial score (nSPS) is 11.7. The SMILES string of the molecule is CCOCC(=O)c1ncc(F)c([Si](C)(C)C)c1F. The lowest BCUT2D eigenvalue weighted by atomic mass is 10.2. The smallest absolute Gasteiger partial charge is 0.209 e. The van der Waals surface area contributed by atoms with Gasteiger partial charge in [-0.25, -0.2) is 13.8 Å². The lowest BCUT2D eigenvalue weighted by molar-refractivity contribution is 0.0774. The number of carbonyl (C=O) groups excluding carboxylic acids is 1. The number of rotatable bonds is 5. The van der Waals surface area contributed by atoms with Gasteiger partial charge in [-0.2, -0.15) is 0 Å². The Balaban J connectivity index is 3.21. The first-order valence-corrected chi connectivity index (χ1v) is 9.24. The number of hydrogen-bond acceptors (Lipinski definition) is 3. The highest BCUT2D eigenvalue weighted by atomic mass is 28.3. The van der Waals surface area contributed by atoms with Gasteiger partial charge in [-0.05, 0) is 6.92 Å². The van der Waals surface area contributed by atoms with E-state index in [1.807, 2.05) is 19.6 Å². The molecular weight excluding hydrogens is 256 g/mol. The quantitative estimate of drug-likeness (QED) is 0.609. The minimum absolute atomic E-state index is 0.0114. The predicted octanol–water partition coefficient (Wildman–Crippen LogP) is 2.12. The van der Waals surface area contributed by atoms with Crippen LogP contribution in [0.4, 0.5) is 8.78 Å². The molecule has 1 heterocycles. The Labute approximate surface area is 106 Å². The van der Waals surface area contributed by atoms with Gasteiger partial charge in [0.15, 0.2) is 5.82 Å². The second-order valence-electron chi connectivity index (χ2n) is 4.95. The number of ketones is 1. The lowest BCUT2D eigenvalue weighted by Crippen LogP contribution is -2.44. The minimum atomic E-state index is -2.21. The molecule has 0 spiro atoms. The molecule has 0 aromatic carbocycles. The van der Waals surface area contributed by atoms with Crippen LogP contribution in [0.3, 0.4) is 0 Å². The molecule has 0 aliphatic rings. The van der Waals surface area contributed by atoms with Crippen molar-refractivity contribution in [2.24, 2.45) is 0 Å². The summed E-state index contributed by atoms with van der Waals surface area (Å²) in [6.07, 6.45) is 0.913. The number of hydrogen-bond donors (Lipinski definition) is 0. The molecule has 3 nitrogen and oxygen atoms in total. The highest BCUT2D eigenvalue weighted by Gasteiger charge is 2.29. The van der Waals surface area contributed by atoms with Crippen molar-refractivity contribution in [2.75, 3.05) is 13.2 Å². The van der Waals surface area contributed by atoms with Crippen LogP contribution >= 0.6 is 0 Å². The molecule has 0 amide bonds. The molecule has 0 atom stereocenters. The Morgan fingerprint density at radius 1 is 1.39 bits per heavy atom. The third-order valence-corrected chi connectivity index (χ3v) is 4.38. The van der Waals surface area contributed by atoms with E-state index in [0.29, 0.717) is 6.61 Å². The summed E-state index contributed by atoms with van der Waals surface area (Å²) < 4.78 is 32.7. The van der Waals surface area contributed by atoms with Crippen molar-refractivity contribution < 1.29 is 18.3 Å². The molecule has 1 aromatic rings. The summed E-state index contributed by atoms with van der Waals surface area (Å²) in [7, 11) is -2.21. The molecule has 0 aliphatic heterocycles. The highest BCUT2D eigenvalue weighted by Crippen LogP contribution is 2.12. The summed E-state index contributed by atoms with van der Waals surface area (Å²) in [4.78, 5) is 15.2. The topological polar surface area (TPSA) is 39.2 Å². The lowest BCUT2D eigenvalue weighted by Gasteiger charge is -2.19. The van der Waals surface area contributed by atoms with E-state index in [0.717, 1.165) is 6.20 Å². The van der Waals surface area contributed by atoms with Gasteiger partial charge >= 0.3 is 0 Å². The first-order valence-electron chi connectivity index (χ1n) is 5.74. The number of pyridine rings is 1. The molecule has 0 fully saturated rings. The molecule has 18 heavy (non-hydrogen) atoms. The number of Topliss-reactive ketones (excluding diaryl/α,β-unsaturated/α-hetero) is 1. The van der Waals surface area contributed by atoms with Crippen LogP contribution in [0.5, 0.6) is 0 Å². The number of nitrogens with zero attached hydrogens (tertiary/aromatic N) is 1. The number of ether oxygens (including phenoxy) is 1. The third-order valence-electron chi connectivity index (χ3n) is 2.42. The maximum absolute atomic E-state index is 14.2. The van der Waals surface area contributed by atoms with E-state index in [-0.39, 0.29) is 17.5 Å². The van der Waals surface area contributed by atoms with Gasteiger partial charge in [0.2, 0.25) is 5.78 Å². The monoisotopic (exact) mass is 273 g/mol. The highest BCUT2D eigenvalue weighted by molar-refractivity contribution is 6.88. The van der Waals surface area contributed by atoms with Crippen molar-refractivity contribution in [2.45, 2.75) is 26.6 Å². The van der Waals surface area contributed by atoms with Gasteiger partial charge < -0.3 is 4.74 Å². The average molecular weight is 273 g/mol. The Morgan fingerprint density at radius 2 is 2.00 bits per heavy atom. The standard InChI is InChI=1S/C12H17F2NO2Si/c1-5-17-7-9(16)11-10(14)12(18(2,3)4)8(13)6-15-11/h6H,5,7H2,1-4H3. The second-order valence-corrected chi connectivity index (χ2v) is 9.95. The van der Waals surface area contributed by atoms with Crippen LogP contribution in [0.2, 0.25) is 19.6 Å². The Hall–Kier alpha value is -1.14. The van der Waals surface area contributed by atoms with Crippen LogP contribution in [0, 0.1) is 11.6 Å². The van der Waals surface area contributed by atoms with E-state index in [1.165, 1.54) is 0 Å². The summed E-state index contributed by atoms with van der Waals surface area (Å²) in [5.74, 6) is -2.08. The van der Waals surface area contributed by atoms with Crippen LogP contribution in [-0.2, 0) is 4.74 Å². The van der Waals surface area contributed by atoms with Gasteiger partial charge in [-0.3, -0.25) is 4.79 Å². The van der Waals surface area contributed by atoms with Crippen LogP contribution < -0.4 is 5.19 Å². The molecule has 100 valence electrons. The summed E-state index contributed by atoms with van der Waals surface area (Å²) >= 11 is 0. The van der Waals surface area contributed by atoms with E-state index in [4.69, 9.17) is 4.74 Å². The fourth-order valence-electron chi connectivity index (χ4n) is 1.61. The van der Waals surface area contributed by atoms with Crippen molar-refractivity contribution in [3.8, 4) is 0 Å². The number of aromatic nitrogens is 1. The number of carbonyl (C=O) groups is 1. The molecule has 0 N–H and O–H groups in total. The van der Waals surface area contributed by atoms with Crippen molar-refractivity contribution in [3.05, 3.63) is 23.5 Å².